The third-order valence-corrected chi connectivity index (χ3v) is 9.26. The van der Waals surface area contributed by atoms with Crippen LogP contribution in [0.4, 0.5) is 11.4 Å². The van der Waals surface area contributed by atoms with E-state index in [0.717, 1.165) is 29.9 Å². The van der Waals surface area contributed by atoms with Crippen molar-refractivity contribution in [1.29, 1.82) is 0 Å². The fraction of sp³-hybridized carbons (Fsp3) is 0.351. The number of nitro benzene ring substituents is 2. The number of ketones is 2. The maximum atomic E-state index is 14.2. The molecular formula is C37H37N3O7. The molecule has 0 bridgehead atoms. The van der Waals surface area contributed by atoms with E-state index in [9.17, 15) is 29.8 Å². The molecule has 10 heteroatoms. The van der Waals surface area contributed by atoms with Gasteiger partial charge in [0.15, 0.2) is 11.6 Å². The van der Waals surface area contributed by atoms with Gasteiger partial charge in [-0.25, -0.2) is 0 Å². The molecule has 3 aromatic rings. The Morgan fingerprint density at radius 3 is 1.96 bits per heavy atom. The van der Waals surface area contributed by atoms with Crippen LogP contribution in [0.5, 0.6) is 11.5 Å². The van der Waals surface area contributed by atoms with Crippen molar-refractivity contribution in [3.63, 3.8) is 0 Å². The molecule has 2 aliphatic carbocycles. The number of carbonyl (C=O) groups excluding carboxylic acids is 2. The van der Waals surface area contributed by atoms with Crippen LogP contribution in [0.2, 0.25) is 0 Å². The van der Waals surface area contributed by atoms with Gasteiger partial charge in [0.2, 0.25) is 5.75 Å². The van der Waals surface area contributed by atoms with E-state index < -0.39 is 27.1 Å². The molecule has 0 N–H and O–H groups in total. The van der Waals surface area contributed by atoms with Gasteiger partial charge >= 0.3 is 5.69 Å². The first-order valence-corrected chi connectivity index (χ1v) is 15.8. The van der Waals surface area contributed by atoms with Crippen LogP contribution >= 0.6 is 0 Å². The summed E-state index contributed by atoms with van der Waals surface area (Å²) in [5.41, 5.74) is 3.51. The van der Waals surface area contributed by atoms with E-state index in [1.807, 2.05) is 24.3 Å². The molecule has 0 aromatic heterocycles. The molecular weight excluding hydrogens is 598 g/mol. The number of benzene rings is 3. The van der Waals surface area contributed by atoms with E-state index in [1.165, 1.54) is 11.6 Å². The zero-order valence-electron chi connectivity index (χ0n) is 26.9. The minimum absolute atomic E-state index is 0.00692. The van der Waals surface area contributed by atoms with E-state index in [0.29, 0.717) is 48.9 Å². The number of hydrogen-bond donors (Lipinski definition) is 0. The Kier molecular flexibility index (Phi) is 8.07. The van der Waals surface area contributed by atoms with E-state index in [-0.39, 0.29) is 33.9 Å². The van der Waals surface area contributed by atoms with Crippen LogP contribution in [0.25, 0.3) is 0 Å². The van der Waals surface area contributed by atoms with Crippen molar-refractivity contribution in [2.24, 2.45) is 10.8 Å². The zero-order chi connectivity index (χ0) is 33.7. The molecule has 0 spiro atoms. The molecule has 10 nitrogen and oxygen atoms in total. The SMILES string of the molecule is CC1(C)CC(=O)C2=C(C1)N(CCc1ccccc1)C1=C(C(=O)CC(C)(C)C1)C2c1cccc(Oc2ccc([N+](=O)[O-])cc2[N+](=O)[O-])c1. The van der Waals surface area contributed by atoms with Crippen LogP contribution in [0.15, 0.2) is 95.3 Å². The first-order chi connectivity index (χ1) is 22.2. The molecule has 0 unspecified atom stereocenters. The van der Waals surface area contributed by atoms with Gasteiger partial charge in [-0.05, 0) is 59.4 Å². The van der Waals surface area contributed by atoms with Crippen LogP contribution in [0.1, 0.15) is 70.4 Å². The average molecular weight is 636 g/mol. The summed E-state index contributed by atoms with van der Waals surface area (Å²) >= 11 is 0. The second kappa shape index (κ2) is 11.9. The van der Waals surface area contributed by atoms with Crippen LogP contribution < -0.4 is 4.74 Å². The Bertz CT molecular complexity index is 1820. The van der Waals surface area contributed by atoms with Crippen molar-refractivity contribution < 1.29 is 24.2 Å². The Morgan fingerprint density at radius 2 is 1.38 bits per heavy atom. The lowest BCUT2D eigenvalue weighted by Crippen LogP contribution is -2.45. The smallest absolute Gasteiger partial charge is 0.318 e. The number of allylic oxidation sites excluding steroid dienone is 4. The first-order valence-electron chi connectivity index (χ1n) is 15.8. The van der Waals surface area contributed by atoms with Crippen molar-refractivity contribution in [2.75, 3.05) is 6.54 Å². The predicted molar refractivity (Wildman–Crippen MR) is 176 cm³/mol. The fourth-order valence-corrected chi connectivity index (χ4v) is 7.27. The topological polar surface area (TPSA) is 133 Å². The van der Waals surface area contributed by atoms with E-state index in [2.05, 4.69) is 44.7 Å². The summed E-state index contributed by atoms with van der Waals surface area (Å²) in [6.45, 7) is 9.04. The second-order valence-electron chi connectivity index (χ2n) is 14.3. The number of non-ortho nitro benzene ring substituents is 1. The summed E-state index contributed by atoms with van der Waals surface area (Å²) in [7, 11) is 0. The molecule has 47 heavy (non-hydrogen) atoms. The van der Waals surface area contributed by atoms with Gasteiger partial charge in [-0.15, -0.1) is 0 Å². The minimum Gasteiger partial charge on any atom is -0.450 e. The van der Waals surface area contributed by atoms with E-state index >= 15 is 0 Å². The number of ether oxygens (including phenoxy) is 1. The largest absolute Gasteiger partial charge is 0.450 e. The minimum atomic E-state index is -0.726. The third kappa shape index (κ3) is 6.32. The van der Waals surface area contributed by atoms with Crippen molar-refractivity contribution >= 4 is 22.9 Å². The highest BCUT2D eigenvalue weighted by molar-refractivity contribution is 6.06. The summed E-state index contributed by atoms with van der Waals surface area (Å²) in [5.74, 6) is -0.503. The molecule has 0 amide bonds. The third-order valence-electron chi connectivity index (χ3n) is 9.26. The highest BCUT2D eigenvalue weighted by atomic mass is 16.6. The molecule has 3 aromatic carbocycles. The lowest BCUT2D eigenvalue weighted by Gasteiger charge is -2.49. The Labute approximate surface area is 273 Å². The molecule has 0 radical (unpaired) electrons. The molecule has 3 aliphatic rings. The van der Waals surface area contributed by atoms with Gasteiger partial charge < -0.3 is 9.64 Å². The number of nitro groups is 2. The molecule has 1 aliphatic heterocycles. The maximum absolute atomic E-state index is 14.2. The number of Topliss-reactive ketones (excluding diaryl/α,β-unsaturated/α-hetero) is 2. The summed E-state index contributed by atoms with van der Waals surface area (Å²) < 4.78 is 5.96. The molecule has 0 saturated heterocycles. The number of carbonyl (C=O) groups is 2. The van der Waals surface area contributed by atoms with Gasteiger partial charge in [-0.2, -0.15) is 0 Å². The van der Waals surface area contributed by atoms with Crippen LogP contribution in [0.3, 0.4) is 0 Å². The number of rotatable bonds is 8. The lowest BCUT2D eigenvalue weighted by atomic mass is 9.63. The van der Waals surface area contributed by atoms with Gasteiger partial charge in [0.25, 0.3) is 5.69 Å². The van der Waals surface area contributed by atoms with Crippen LogP contribution in [0, 0.1) is 31.1 Å². The molecule has 0 atom stereocenters. The Balaban J connectivity index is 1.47. The van der Waals surface area contributed by atoms with Crippen molar-refractivity contribution in [2.45, 2.75) is 65.7 Å². The van der Waals surface area contributed by atoms with Gasteiger partial charge in [-0.3, -0.25) is 29.8 Å². The molecule has 1 heterocycles. The monoisotopic (exact) mass is 635 g/mol. The predicted octanol–water partition coefficient (Wildman–Crippen LogP) is 8.22. The summed E-state index contributed by atoms with van der Waals surface area (Å²) in [5, 5.41) is 23.0. The van der Waals surface area contributed by atoms with Gasteiger partial charge in [-0.1, -0.05) is 70.2 Å². The van der Waals surface area contributed by atoms with Crippen molar-refractivity contribution in [1.82, 2.24) is 4.90 Å². The van der Waals surface area contributed by atoms with Gasteiger partial charge in [0, 0.05) is 53.9 Å². The maximum Gasteiger partial charge on any atom is 0.318 e. The molecule has 6 rings (SSSR count). The Morgan fingerprint density at radius 1 is 0.766 bits per heavy atom. The first kappa shape index (κ1) is 31.8. The van der Waals surface area contributed by atoms with Crippen molar-refractivity contribution in [3.8, 4) is 11.5 Å². The highest BCUT2D eigenvalue weighted by Gasteiger charge is 2.49. The summed E-state index contributed by atoms with van der Waals surface area (Å²) in [6, 6.07) is 20.3. The average Bonchev–Trinajstić information content (AvgIpc) is 2.99. The van der Waals surface area contributed by atoms with Crippen molar-refractivity contribution in [3.05, 3.63) is 127 Å². The Hall–Kier alpha value is -5.12. The van der Waals surface area contributed by atoms with Gasteiger partial charge in [0.05, 0.1) is 15.9 Å². The van der Waals surface area contributed by atoms with Crippen LogP contribution in [-0.4, -0.2) is 32.9 Å². The highest BCUT2D eigenvalue weighted by Crippen LogP contribution is 2.54. The molecule has 242 valence electrons. The quantitative estimate of drug-likeness (QED) is 0.179. The fourth-order valence-electron chi connectivity index (χ4n) is 7.27. The summed E-state index contributed by atoms with van der Waals surface area (Å²) in [4.78, 5) is 52.2. The molecule has 0 fully saturated rings. The normalized spacial score (nSPS) is 18.9. The lowest BCUT2D eigenvalue weighted by molar-refractivity contribution is -0.394. The van der Waals surface area contributed by atoms with Gasteiger partial charge in [0.1, 0.15) is 5.75 Å². The van der Waals surface area contributed by atoms with E-state index in [1.54, 1.807) is 18.2 Å². The second-order valence-corrected chi connectivity index (χ2v) is 14.3. The number of nitrogens with zero attached hydrogens (tertiary/aromatic N) is 3. The van der Waals surface area contributed by atoms with Crippen LogP contribution in [-0.2, 0) is 16.0 Å². The summed E-state index contributed by atoms with van der Waals surface area (Å²) in [6.07, 6.45) is 2.80. The standard InChI is InChI=1S/C37H37N3O7/c1-36(2)19-28-34(30(41)21-36)33(24-11-8-12-26(17-24)47-32-14-13-25(39(43)44)18-27(32)40(45)46)35-29(20-37(3,4)22-31(35)42)38(28)16-15-23-9-6-5-7-10-23/h5-14,17-18,33H,15-16,19-22H2,1-4H3. The zero-order valence-corrected chi connectivity index (χ0v) is 26.9. The number of hydrogen-bond acceptors (Lipinski definition) is 8. The molecule has 0 saturated carbocycles. The van der Waals surface area contributed by atoms with E-state index in [4.69, 9.17) is 4.74 Å².